The van der Waals surface area contributed by atoms with Gasteiger partial charge in [-0.2, -0.15) is 0 Å². The molecule has 3 rings (SSSR count). The zero-order chi connectivity index (χ0) is 14.2. The van der Waals surface area contributed by atoms with E-state index in [1.165, 1.54) is 43.2 Å². The highest BCUT2D eigenvalue weighted by Crippen LogP contribution is 2.49. The number of halogens is 1. The predicted molar refractivity (Wildman–Crippen MR) is 83.6 cm³/mol. The minimum Gasteiger partial charge on any atom is -0.493 e. The Kier molecular flexibility index (Phi) is 3.96. The van der Waals surface area contributed by atoms with Crippen LogP contribution >= 0.6 is 11.6 Å². The highest BCUT2D eigenvalue weighted by atomic mass is 35.5. The number of hydrogen-bond donors (Lipinski definition) is 1. The molecular weight excluding hydrogens is 270 g/mol. The fourth-order valence-electron chi connectivity index (χ4n) is 4.04. The Balaban J connectivity index is 2.01. The van der Waals surface area contributed by atoms with Crippen LogP contribution in [0.3, 0.4) is 0 Å². The first kappa shape index (κ1) is 14.2. The lowest BCUT2D eigenvalue weighted by molar-refractivity contribution is 0.148. The van der Waals surface area contributed by atoms with Gasteiger partial charge in [-0.15, -0.1) is 0 Å². The molecule has 1 atom stereocenters. The molecule has 1 aliphatic carbocycles. The molecule has 1 heterocycles. The van der Waals surface area contributed by atoms with E-state index in [1.807, 2.05) is 0 Å². The van der Waals surface area contributed by atoms with Crippen LogP contribution in [0.5, 0.6) is 5.75 Å². The van der Waals surface area contributed by atoms with Crippen LogP contribution in [0.1, 0.15) is 56.2 Å². The summed E-state index contributed by atoms with van der Waals surface area (Å²) in [5, 5.41) is 4.38. The summed E-state index contributed by atoms with van der Waals surface area (Å²) < 4.78 is 5.90. The molecular formula is C17H24ClNO. The van der Waals surface area contributed by atoms with Gasteiger partial charge in [-0.25, -0.2) is 0 Å². The van der Waals surface area contributed by atoms with E-state index in [4.69, 9.17) is 16.3 Å². The summed E-state index contributed by atoms with van der Waals surface area (Å²) in [6.07, 6.45) is 7.57. The van der Waals surface area contributed by atoms with E-state index in [1.54, 1.807) is 0 Å². The minimum atomic E-state index is 0.303. The molecule has 1 aromatic carbocycles. The summed E-state index contributed by atoms with van der Waals surface area (Å²) in [5.74, 6) is 1.08. The second-order valence-electron chi connectivity index (χ2n) is 6.52. The van der Waals surface area contributed by atoms with Gasteiger partial charge >= 0.3 is 0 Å². The van der Waals surface area contributed by atoms with E-state index in [9.17, 15) is 0 Å². The fourth-order valence-corrected chi connectivity index (χ4v) is 4.29. The average molecular weight is 294 g/mol. The lowest BCUT2D eigenvalue weighted by Gasteiger charge is -2.41. The molecule has 0 aromatic heterocycles. The Labute approximate surface area is 126 Å². The van der Waals surface area contributed by atoms with Crippen LogP contribution in [0.4, 0.5) is 0 Å². The van der Waals surface area contributed by atoms with Crippen molar-refractivity contribution < 1.29 is 4.74 Å². The topological polar surface area (TPSA) is 21.3 Å². The van der Waals surface area contributed by atoms with Crippen LogP contribution in [-0.2, 0) is 6.42 Å². The number of rotatable bonds is 3. The summed E-state index contributed by atoms with van der Waals surface area (Å²) in [6, 6.07) is 4.49. The fraction of sp³-hybridized carbons (Fsp3) is 0.647. The Bertz CT molecular complexity index is 494. The van der Waals surface area contributed by atoms with Crippen LogP contribution in [-0.4, -0.2) is 13.7 Å². The number of ether oxygens (including phenoxy) is 1. The number of fused-ring (bicyclic) bond motifs is 1. The predicted octanol–water partition coefficient (Wildman–Crippen LogP) is 4.51. The summed E-state index contributed by atoms with van der Waals surface area (Å²) in [5.41, 5.74) is 2.83. The van der Waals surface area contributed by atoms with Crippen molar-refractivity contribution >= 4 is 11.6 Å². The van der Waals surface area contributed by atoms with Crippen LogP contribution in [0.2, 0.25) is 5.02 Å². The van der Waals surface area contributed by atoms with Gasteiger partial charge in [0.05, 0.1) is 6.61 Å². The lowest BCUT2D eigenvalue weighted by atomic mass is 9.68. The third-order valence-electron chi connectivity index (χ3n) is 5.07. The second-order valence-corrected chi connectivity index (χ2v) is 6.95. The summed E-state index contributed by atoms with van der Waals surface area (Å²) in [4.78, 5) is 0. The van der Waals surface area contributed by atoms with Crippen molar-refractivity contribution in [2.75, 3.05) is 13.7 Å². The molecule has 2 aliphatic rings. The Hall–Kier alpha value is -0.730. The number of benzene rings is 1. The van der Waals surface area contributed by atoms with Gasteiger partial charge in [-0.05, 0) is 43.0 Å². The first-order chi connectivity index (χ1) is 9.64. The van der Waals surface area contributed by atoms with Gasteiger partial charge in [0.1, 0.15) is 5.75 Å². The van der Waals surface area contributed by atoms with Crippen LogP contribution in [0.25, 0.3) is 0 Å². The van der Waals surface area contributed by atoms with Gasteiger partial charge in [0.2, 0.25) is 0 Å². The van der Waals surface area contributed by atoms with Crippen LogP contribution < -0.4 is 10.1 Å². The van der Waals surface area contributed by atoms with Crippen LogP contribution in [0.15, 0.2) is 12.1 Å². The molecule has 1 saturated carbocycles. The maximum absolute atomic E-state index is 6.33. The molecule has 0 spiro atoms. The molecule has 3 heteroatoms. The van der Waals surface area contributed by atoms with Crippen molar-refractivity contribution in [1.29, 1.82) is 0 Å². The highest BCUT2D eigenvalue weighted by molar-refractivity contribution is 6.30. The summed E-state index contributed by atoms with van der Waals surface area (Å²) in [7, 11) is 2.06. The molecule has 1 unspecified atom stereocenters. The zero-order valence-electron chi connectivity index (χ0n) is 12.5. The number of nitrogens with one attached hydrogen (secondary N) is 1. The molecule has 0 saturated heterocycles. The van der Waals surface area contributed by atoms with E-state index < -0.39 is 0 Å². The molecule has 1 N–H and O–H groups in total. The molecule has 2 nitrogen and oxygen atoms in total. The summed E-state index contributed by atoms with van der Waals surface area (Å²) in [6.45, 7) is 3.20. The summed E-state index contributed by atoms with van der Waals surface area (Å²) >= 11 is 6.33. The van der Waals surface area contributed by atoms with E-state index in [0.29, 0.717) is 11.5 Å². The SMILES string of the molecule is CNC(c1cc(Cl)cc2c1OCC2)C1(C)CCCCC1. The van der Waals surface area contributed by atoms with Gasteiger partial charge < -0.3 is 10.1 Å². The molecule has 1 fully saturated rings. The van der Waals surface area contributed by atoms with Crippen molar-refractivity contribution in [1.82, 2.24) is 5.32 Å². The van der Waals surface area contributed by atoms with Crippen LogP contribution in [0, 0.1) is 5.41 Å². The van der Waals surface area contributed by atoms with Gasteiger partial charge in [-0.3, -0.25) is 0 Å². The van der Waals surface area contributed by atoms with Crippen molar-refractivity contribution in [2.45, 2.75) is 51.5 Å². The zero-order valence-corrected chi connectivity index (χ0v) is 13.2. The van der Waals surface area contributed by atoms with Gasteiger partial charge in [0.15, 0.2) is 0 Å². The maximum Gasteiger partial charge on any atom is 0.127 e. The third kappa shape index (κ3) is 2.44. The third-order valence-corrected chi connectivity index (χ3v) is 5.29. The smallest absolute Gasteiger partial charge is 0.127 e. The average Bonchev–Trinajstić information content (AvgIpc) is 2.88. The molecule has 110 valence electrons. The molecule has 0 radical (unpaired) electrons. The second kappa shape index (κ2) is 5.57. The Morgan fingerprint density at radius 2 is 2.00 bits per heavy atom. The van der Waals surface area contributed by atoms with Gasteiger partial charge in [0, 0.05) is 23.0 Å². The molecule has 0 amide bonds. The van der Waals surface area contributed by atoms with E-state index in [-0.39, 0.29) is 0 Å². The van der Waals surface area contributed by atoms with E-state index in [2.05, 4.69) is 31.4 Å². The monoisotopic (exact) mass is 293 g/mol. The standard InChI is InChI=1S/C17H24ClNO/c1-17(7-4-3-5-8-17)16(19-2)14-11-13(18)10-12-6-9-20-15(12)14/h10-11,16,19H,3-9H2,1-2H3. The first-order valence-corrected chi connectivity index (χ1v) is 8.14. The van der Waals surface area contributed by atoms with Crippen molar-refractivity contribution in [3.63, 3.8) is 0 Å². The van der Waals surface area contributed by atoms with E-state index >= 15 is 0 Å². The lowest BCUT2D eigenvalue weighted by Crippen LogP contribution is -2.36. The van der Waals surface area contributed by atoms with Crippen molar-refractivity contribution in [3.8, 4) is 5.75 Å². The van der Waals surface area contributed by atoms with Gasteiger partial charge in [0.25, 0.3) is 0 Å². The van der Waals surface area contributed by atoms with Crippen molar-refractivity contribution in [2.24, 2.45) is 5.41 Å². The van der Waals surface area contributed by atoms with Gasteiger partial charge in [-0.1, -0.05) is 37.8 Å². The molecule has 1 aromatic rings. The number of hydrogen-bond acceptors (Lipinski definition) is 2. The molecule has 20 heavy (non-hydrogen) atoms. The van der Waals surface area contributed by atoms with E-state index in [0.717, 1.165) is 23.8 Å². The normalized spacial score (nSPS) is 22.1. The largest absolute Gasteiger partial charge is 0.493 e. The quantitative estimate of drug-likeness (QED) is 0.885. The van der Waals surface area contributed by atoms with Crippen molar-refractivity contribution in [3.05, 3.63) is 28.3 Å². The molecule has 0 bridgehead atoms. The Morgan fingerprint density at radius 3 is 2.70 bits per heavy atom. The minimum absolute atomic E-state index is 0.303. The maximum atomic E-state index is 6.33. The molecule has 1 aliphatic heterocycles. The highest BCUT2D eigenvalue weighted by Gasteiger charge is 2.38. The first-order valence-electron chi connectivity index (χ1n) is 7.76. The Morgan fingerprint density at radius 1 is 1.25 bits per heavy atom.